The second kappa shape index (κ2) is 3.79. The Morgan fingerprint density at radius 2 is 1.85 bits per heavy atom. The third kappa shape index (κ3) is 3.07. The Bertz CT molecular complexity index is 299. The molecule has 0 saturated carbocycles. The minimum Gasteiger partial charge on any atom is -0.544 e. The highest BCUT2D eigenvalue weighted by Crippen LogP contribution is 2.22. The average Bonchev–Trinajstić information content (AvgIpc) is 2.02. The molecule has 0 N–H and O–H groups in total. The smallest absolute Gasteiger partial charge is 0.242 e. The number of para-hydroxylation sites is 1. The zero-order chi connectivity index (χ0) is 9.90. The fourth-order valence-electron chi connectivity index (χ4n) is 1.07. The molecule has 0 radical (unpaired) electrons. The van der Waals surface area contributed by atoms with Crippen LogP contribution in [0.1, 0.15) is 5.56 Å². The summed E-state index contributed by atoms with van der Waals surface area (Å²) in [5, 5.41) is 0. The third-order valence-electron chi connectivity index (χ3n) is 1.56. The van der Waals surface area contributed by atoms with Crippen molar-refractivity contribution in [1.82, 2.24) is 0 Å². The van der Waals surface area contributed by atoms with E-state index in [2.05, 4.69) is 26.2 Å². The first-order valence-electron chi connectivity index (χ1n) is 4.43. The van der Waals surface area contributed by atoms with Gasteiger partial charge in [-0.05, 0) is 25.7 Å². The summed E-state index contributed by atoms with van der Waals surface area (Å²) in [6.45, 7) is 10.3. The van der Waals surface area contributed by atoms with Gasteiger partial charge in [0.1, 0.15) is 5.75 Å². The van der Waals surface area contributed by atoms with Gasteiger partial charge in [-0.15, -0.1) is 0 Å². The monoisotopic (exact) mass is 192 g/mol. The lowest BCUT2D eigenvalue weighted by atomic mass is 10.2. The van der Waals surface area contributed by atoms with E-state index in [9.17, 15) is 0 Å². The van der Waals surface area contributed by atoms with Gasteiger partial charge in [-0.1, -0.05) is 30.9 Å². The molecule has 0 aromatic heterocycles. The maximum atomic E-state index is 5.89. The predicted octanol–water partition coefficient (Wildman–Crippen LogP) is 3.54. The summed E-state index contributed by atoms with van der Waals surface area (Å²) >= 11 is 0. The molecule has 0 bridgehead atoms. The summed E-state index contributed by atoms with van der Waals surface area (Å²) in [6.07, 6.45) is 1.83. The number of benzene rings is 1. The van der Waals surface area contributed by atoms with Crippen LogP contribution in [0.15, 0.2) is 30.8 Å². The van der Waals surface area contributed by atoms with Crippen molar-refractivity contribution >= 4 is 14.4 Å². The van der Waals surface area contributed by atoms with Crippen LogP contribution in [0, 0.1) is 0 Å². The van der Waals surface area contributed by atoms with Gasteiger partial charge in [-0.25, -0.2) is 0 Å². The molecule has 0 aliphatic heterocycles. The molecule has 0 unspecified atom stereocenters. The first-order chi connectivity index (χ1) is 6.03. The second-order valence-corrected chi connectivity index (χ2v) is 8.39. The first kappa shape index (κ1) is 10.1. The SMILES string of the molecule is C=Cc1ccccc1O[Si](C)(C)C. The third-order valence-corrected chi connectivity index (χ3v) is 2.39. The maximum Gasteiger partial charge on any atom is 0.242 e. The Morgan fingerprint density at radius 3 is 2.38 bits per heavy atom. The van der Waals surface area contributed by atoms with Crippen LogP contribution >= 0.6 is 0 Å². The fraction of sp³-hybridized carbons (Fsp3) is 0.273. The van der Waals surface area contributed by atoms with E-state index in [0.29, 0.717) is 0 Å². The van der Waals surface area contributed by atoms with Gasteiger partial charge in [0.05, 0.1) is 0 Å². The van der Waals surface area contributed by atoms with Gasteiger partial charge in [0, 0.05) is 5.56 Å². The van der Waals surface area contributed by atoms with Gasteiger partial charge < -0.3 is 4.43 Å². The molecule has 0 aliphatic rings. The Kier molecular flexibility index (Phi) is 2.93. The molecule has 0 spiro atoms. The van der Waals surface area contributed by atoms with Crippen molar-refractivity contribution in [3.05, 3.63) is 36.4 Å². The van der Waals surface area contributed by atoms with Crippen molar-refractivity contribution in [2.45, 2.75) is 19.6 Å². The topological polar surface area (TPSA) is 9.23 Å². The van der Waals surface area contributed by atoms with Crippen LogP contribution < -0.4 is 4.43 Å². The zero-order valence-corrected chi connectivity index (χ0v) is 9.50. The van der Waals surface area contributed by atoms with Crippen molar-refractivity contribution in [1.29, 1.82) is 0 Å². The van der Waals surface area contributed by atoms with Crippen LogP contribution in [0.25, 0.3) is 6.08 Å². The molecule has 0 saturated heterocycles. The Balaban J connectivity index is 2.94. The van der Waals surface area contributed by atoms with Crippen molar-refractivity contribution in [3.63, 3.8) is 0 Å². The highest BCUT2D eigenvalue weighted by atomic mass is 28.4. The summed E-state index contributed by atoms with van der Waals surface area (Å²) in [5.41, 5.74) is 1.07. The lowest BCUT2D eigenvalue weighted by molar-refractivity contribution is 0.556. The average molecular weight is 192 g/mol. The number of rotatable bonds is 3. The molecular formula is C11H16OSi. The molecule has 1 nitrogen and oxygen atoms in total. The van der Waals surface area contributed by atoms with Gasteiger partial charge in [0.2, 0.25) is 8.32 Å². The fourth-order valence-corrected chi connectivity index (χ4v) is 1.92. The van der Waals surface area contributed by atoms with Gasteiger partial charge in [0.25, 0.3) is 0 Å². The molecule has 0 aliphatic carbocycles. The van der Waals surface area contributed by atoms with E-state index < -0.39 is 8.32 Å². The van der Waals surface area contributed by atoms with Gasteiger partial charge >= 0.3 is 0 Å². The highest BCUT2D eigenvalue weighted by molar-refractivity contribution is 6.70. The molecule has 70 valence electrons. The first-order valence-corrected chi connectivity index (χ1v) is 7.84. The Labute approximate surface area is 81.2 Å². The van der Waals surface area contributed by atoms with E-state index in [-0.39, 0.29) is 0 Å². The van der Waals surface area contributed by atoms with Crippen LogP contribution in [-0.2, 0) is 0 Å². The van der Waals surface area contributed by atoms with Crippen LogP contribution in [-0.4, -0.2) is 8.32 Å². The van der Waals surface area contributed by atoms with E-state index in [1.807, 2.05) is 30.3 Å². The summed E-state index contributed by atoms with van der Waals surface area (Å²) < 4.78 is 5.89. The Morgan fingerprint density at radius 1 is 1.23 bits per heavy atom. The quantitative estimate of drug-likeness (QED) is 0.666. The molecule has 2 heteroatoms. The molecule has 1 aromatic carbocycles. The van der Waals surface area contributed by atoms with Crippen molar-refractivity contribution < 1.29 is 4.43 Å². The van der Waals surface area contributed by atoms with Crippen LogP contribution in [0.5, 0.6) is 5.75 Å². The normalized spacial score (nSPS) is 11.0. The maximum absolute atomic E-state index is 5.89. The molecule has 0 heterocycles. The molecule has 0 amide bonds. The summed E-state index contributed by atoms with van der Waals surface area (Å²) in [6, 6.07) is 7.99. The lowest BCUT2D eigenvalue weighted by Gasteiger charge is -2.20. The van der Waals surface area contributed by atoms with Gasteiger partial charge in [-0.3, -0.25) is 0 Å². The largest absolute Gasteiger partial charge is 0.544 e. The zero-order valence-electron chi connectivity index (χ0n) is 8.50. The van der Waals surface area contributed by atoms with Crippen LogP contribution in [0.2, 0.25) is 19.6 Å². The highest BCUT2D eigenvalue weighted by Gasteiger charge is 2.16. The van der Waals surface area contributed by atoms with Crippen molar-refractivity contribution in [2.24, 2.45) is 0 Å². The van der Waals surface area contributed by atoms with E-state index in [1.54, 1.807) is 0 Å². The van der Waals surface area contributed by atoms with Crippen molar-refractivity contribution in [2.75, 3.05) is 0 Å². The van der Waals surface area contributed by atoms with E-state index >= 15 is 0 Å². The standard InChI is InChI=1S/C11H16OSi/c1-5-10-8-6-7-9-11(10)12-13(2,3)4/h5-9H,1H2,2-4H3. The molecular weight excluding hydrogens is 176 g/mol. The molecule has 1 aromatic rings. The second-order valence-electron chi connectivity index (χ2n) is 3.96. The predicted molar refractivity (Wildman–Crippen MR) is 60.5 cm³/mol. The minimum atomic E-state index is -1.49. The van der Waals surface area contributed by atoms with Gasteiger partial charge in [0.15, 0.2) is 0 Å². The van der Waals surface area contributed by atoms with E-state index in [4.69, 9.17) is 4.43 Å². The molecule has 0 fully saturated rings. The minimum absolute atomic E-state index is 0.955. The van der Waals surface area contributed by atoms with E-state index in [0.717, 1.165) is 11.3 Å². The van der Waals surface area contributed by atoms with Crippen LogP contribution in [0.4, 0.5) is 0 Å². The van der Waals surface area contributed by atoms with Crippen LogP contribution in [0.3, 0.4) is 0 Å². The van der Waals surface area contributed by atoms with Crippen molar-refractivity contribution in [3.8, 4) is 5.75 Å². The molecule has 0 atom stereocenters. The number of hydrogen-bond donors (Lipinski definition) is 0. The van der Waals surface area contributed by atoms with Gasteiger partial charge in [-0.2, -0.15) is 0 Å². The van der Waals surface area contributed by atoms with E-state index in [1.165, 1.54) is 0 Å². The lowest BCUT2D eigenvalue weighted by Crippen LogP contribution is -2.29. The molecule has 13 heavy (non-hydrogen) atoms. The number of hydrogen-bond acceptors (Lipinski definition) is 1. The summed E-state index contributed by atoms with van der Waals surface area (Å²) in [5.74, 6) is 0.955. The summed E-state index contributed by atoms with van der Waals surface area (Å²) in [4.78, 5) is 0. The Hall–Kier alpha value is -1.02. The summed E-state index contributed by atoms with van der Waals surface area (Å²) in [7, 11) is -1.49. The molecule has 1 rings (SSSR count).